The third-order valence-corrected chi connectivity index (χ3v) is 0.956. The average molecular weight is 145 g/mol. The summed E-state index contributed by atoms with van der Waals surface area (Å²) in [7, 11) is 0. The van der Waals surface area contributed by atoms with E-state index in [1.54, 1.807) is 0 Å². The lowest BCUT2D eigenvalue weighted by Gasteiger charge is -2.01. The van der Waals surface area contributed by atoms with Gasteiger partial charge in [-0.1, -0.05) is 13.8 Å². The first-order valence-electron chi connectivity index (χ1n) is 3.34. The summed E-state index contributed by atoms with van der Waals surface area (Å²) in [6, 6.07) is 0. The van der Waals surface area contributed by atoms with Gasteiger partial charge in [-0.05, 0) is 17.5 Å². The smallest absolute Gasteiger partial charge is 0.228 e. The molecule has 0 spiro atoms. The number of hydrogen-bond donors (Lipinski definition) is 2. The standard InChI is InChI=1S/C6H15N3O/c1-5(2)3-4-10-9-6(7)8/h5H,3-4H2,1-2H3,(H4,7,8,9). The van der Waals surface area contributed by atoms with Crippen LogP contribution in [0.4, 0.5) is 0 Å². The average Bonchev–Trinajstić information content (AvgIpc) is 1.79. The largest absolute Gasteiger partial charge is 0.393 e. The number of nitrogens with zero attached hydrogens (tertiary/aromatic N) is 1. The van der Waals surface area contributed by atoms with Crippen LogP contribution in [0.5, 0.6) is 0 Å². The molecule has 0 fully saturated rings. The Hall–Kier alpha value is -0.930. The Labute approximate surface area is 61.2 Å². The van der Waals surface area contributed by atoms with Crippen molar-refractivity contribution >= 4 is 5.96 Å². The Morgan fingerprint density at radius 1 is 1.50 bits per heavy atom. The Morgan fingerprint density at radius 3 is 2.50 bits per heavy atom. The van der Waals surface area contributed by atoms with E-state index in [1.165, 1.54) is 0 Å². The van der Waals surface area contributed by atoms with Crippen LogP contribution in [0.2, 0.25) is 0 Å². The molecular weight excluding hydrogens is 130 g/mol. The Morgan fingerprint density at radius 2 is 2.10 bits per heavy atom. The fraction of sp³-hybridized carbons (Fsp3) is 0.833. The van der Waals surface area contributed by atoms with Gasteiger partial charge in [0.15, 0.2) is 0 Å². The predicted molar refractivity (Wildman–Crippen MR) is 41.2 cm³/mol. The summed E-state index contributed by atoms with van der Waals surface area (Å²) in [6.07, 6.45) is 0.969. The molecule has 10 heavy (non-hydrogen) atoms. The summed E-state index contributed by atoms with van der Waals surface area (Å²) < 4.78 is 0. The number of rotatable bonds is 4. The highest BCUT2D eigenvalue weighted by Gasteiger charge is 1.92. The van der Waals surface area contributed by atoms with E-state index < -0.39 is 0 Å². The summed E-state index contributed by atoms with van der Waals surface area (Å²) in [4.78, 5) is 4.74. The molecule has 0 heterocycles. The molecule has 0 aromatic rings. The minimum atomic E-state index is -0.0243. The lowest BCUT2D eigenvalue weighted by Crippen LogP contribution is -2.22. The van der Waals surface area contributed by atoms with Crippen LogP contribution >= 0.6 is 0 Å². The van der Waals surface area contributed by atoms with Crippen LogP contribution in [0.15, 0.2) is 5.16 Å². The first-order valence-corrected chi connectivity index (χ1v) is 3.34. The van der Waals surface area contributed by atoms with Crippen molar-refractivity contribution < 1.29 is 4.84 Å². The normalized spacial score (nSPS) is 9.50. The van der Waals surface area contributed by atoms with Gasteiger partial charge in [0.2, 0.25) is 5.96 Å². The van der Waals surface area contributed by atoms with Crippen LogP contribution in [-0.2, 0) is 4.84 Å². The second-order valence-corrected chi connectivity index (χ2v) is 2.53. The van der Waals surface area contributed by atoms with Gasteiger partial charge in [0, 0.05) is 0 Å². The molecule has 4 N–H and O–H groups in total. The van der Waals surface area contributed by atoms with E-state index in [0.29, 0.717) is 12.5 Å². The van der Waals surface area contributed by atoms with Gasteiger partial charge in [0.1, 0.15) is 6.61 Å². The fourth-order valence-electron chi connectivity index (χ4n) is 0.409. The third kappa shape index (κ3) is 7.07. The molecule has 0 aliphatic carbocycles. The van der Waals surface area contributed by atoms with Crippen molar-refractivity contribution in [1.82, 2.24) is 0 Å². The number of hydrogen-bond acceptors (Lipinski definition) is 2. The number of nitrogens with two attached hydrogens (primary N) is 2. The van der Waals surface area contributed by atoms with Crippen molar-refractivity contribution in [3.05, 3.63) is 0 Å². The van der Waals surface area contributed by atoms with Gasteiger partial charge in [0.05, 0.1) is 0 Å². The molecule has 4 heteroatoms. The molecule has 0 aliphatic rings. The van der Waals surface area contributed by atoms with E-state index in [2.05, 4.69) is 19.0 Å². The van der Waals surface area contributed by atoms with E-state index in [0.717, 1.165) is 6.42 Å². The summed E-state index contributed by atoms with van der Waals surface area (Å²) in [5.74, 6) is 0.595. The Kier molecular flexibility index (Phi) is 4.45. The lowest BCUT2D eigenvalue weighted by atomic mass is 10.1. The minimum Gasteiger partial charge on any atom is -0.393 e. The molecule has 0 aromatic heterocycles. The van der Waals surface area contributed by atoms with E-state index in [9.17, 15) is 0 Å². The van der Waals surface area contributed by atoms with E-state index >= 15 is 0 Å². The predicted octanol–water partition coefficient (Wildman–Crippen LogP) is 0.238. The van der Waals surface area contributed by atoms with Gasteiger partial charge in [-0.25, -0.2) is 0 Å². The summed E-state index contributed by atoms with van der Waals surface area (Å²) in [5, 5.41) is 3.37. The highest BCUT2D eigenvalue weighted by Crippen LogP contribution is 1.98. The maximum Gasteiger partial charge on any atom is 0.228 e. The Balaban J connectivity index is 3.13. The van der Waals surface area contributed by atoms with Crippen molar-refractivity contribution in [2.75, 3.05) is 6.61 Å². The maximum absolute atomic E-state index is 5.01. The molecule has 0 amide bonds. The SMILES string of the molecule is CC(C)CCON=C(N)N. The second-order valence-electron chi connectivity index (χ2n) is 2.53. The van der Waals surface area contributed by atoms with Gasteiger partial charge in [0.25, 0.3) is 0 Å². The first-order chi connectivity index (χ1) is 4.63. The molecule has 4 nitrogen and oxygen atoms in total. The first kappa shape index (κ1) is 9.07. The van der Waals surface area contributed by atoms with Gasteiger partial charge < -0.3 is 16.3 Å². The zero-order valence-corrected chi connectivity index (χ0v) is 6.50. The molecule has 0 atom stereocenters. The van der Waals surface area contributed by atoms with Crippen LogP contribution in [0.3, 0.4) is 0 Å². The van der Waals surface area contributed by atoms with Crippen LogP contribution in [0, 0.1) is 5.92 Å². The molecule has 0 unspecified atom stereocenters. The fourth-order valence-corrected chi connectivity index (χ4v) is 0.409. The van der Waals surface area contributed by atoms with Gasteiger partial charge in [-0.15, -0.1) is 0 Å². The van der Waals surface area contributed by atoms with Crippen LogP contribution in [0.1, 0.15) is 20.3 Å². The van der Waals surface area contributed by atoms with Crippen molar-refractivity contribution in [2.24, 2.45) is 22.5 Å². The molecule has 0 saturated heterocycles. The van der Waals surface area contributed by atoms with Gasteiger partial charge in [-0.3, -0.25) is 0 Å². The molecule has 0 aliphatic heterocycles. The molecular formula is C6H15N3O. The number of guanidine groups is 1. The zero-order valence-electron chi connectivity index (χ0n) is 6.50. The molecule has 0 bridgehead atoms. The molecule has 0 saturated carbocycles. The highest BCUT2D eigenvalue weighted by atomic mass is 16.6. The maximum atomic E-state index is 5.01. The monoisotopic (exact) mass is 145 g/mol. The van der Waals surface area contributed by atoms with E-state index in [-0.39, 0.29) is 5.96 Å². The van der Waals surface area contributed by atoms with Gasteiger partial charge >= 0.3 is 0 Å². The van der Waals surface area contributed by atoms with E-state index in [4.69, 9.17) is 16.3 Å². The molecule has 0 aromatic carbocycles. The quantitative estimate of drug-likeness (QED) is 0.257. The third-order valence-electron chi connectivity index (χ3n) is 0.956. The molecule has 0 radical (unpaired) electrons. The zero-order chi connectivity index (χ0) is 7.98. The summed E-state index contributed by atoms with van der Waals surface area (Å²) in [5.41, 5.74) is 10.0. The molecule has 0 rings (SSSR count). The summed E-state index contributed by atoms with van der Waals surface area (Å²) >= 11 is 0. The van der Waals surface area contributed by atoms with Crippen LogP contribution in [-0.4, -0.2) is 12.6 Å². The van der Waals surface area contributed by atoms with Crippen molar-refractivity contribution in [3.63, 3.8) is 0 Å². The van der Waals surface area contributed by atoms with Crippen LogP contribution in [0.25, 0.3) is 0 Å². The van der Waals surface area contributed by atoms with Gasteiger partial charge in [-0.2, -0.15) is 0 Å². The second kappa shape index (κ2) is 4.90. The van der Waals surface area contributed by atoms with Crippen LogP contribution < -0.4 is 11.5 Å². The van der Waals surface area contributed by atoms with Crippen molar-refractivity contribution in [1.29, 1.82) is 0 Å². The van der Waals surface area contributed by atoms with Crippen molar-refractivity contribution in [2.45, 2.75) is 20.3 Å². The minimum absolute atomic E-state index is 0.0243. The molecule has 60 valence electrons. The highest BCUT2D eigenvalue weighted by molar-refractivity contribution is 5.74. The summed E-state index contributed by atoms with van der Waals surface area (Å²) in [6.45, 7) is 4.80. The number of oxime groups is 1. The van der Waals surface area contributed by atoms with E-state index in [1.807, 2.05) is 0 Å². The van der Waals surface area contributed by atoms with Crippen molar-refractivity contribution in [3.8, 4) is 0 Å². The lowest BCUT2D eigenvalue weighted by molar-refractivity contribution is 0.132. The Bertz CT molecular complexity index is 108. The topological polar surface area (TPSA) is 73.6 Å².